The van der Waals surface area contributed by atoms with E-state index in [0.717, 1.165) is 12.2 Å². The molecule has 20 heavy (non-hydrogen) atoms. The normalized spacial score (nSPS) is 28.2. The Kier molecular flexibility index (Phi) is 5.51. The fraction of sp³-hybridized carbons (Fsp3) is 0.600. The van der Waals surface area contributed by atoms with E-state index in [4.69, 9.17) is 4.74 Å². The van der Waals surface area contributed by atoms with Gasteiger partial charge in [0, 0.05) is 13.8 Å². The summed E-state index contributed by atoms with van der Waals surface area (Å²) in [4.78, 5) is 0.652. The average Bonchev–Trinajstić information content (AvgIpc) is 2.42. The van der Waals surface area contributed by atoms with Crippen molar-refractivity contribution < 1.29 is 4.74 Å². The van der Waals surface area contributed by atoms with Gasteiger partial charge in [0.25, 0.3) is 0 Å². The zero-order valence-corrected chi connectivity index (χ0v) is 19.0. The lowest BCUT2D eigenvalue weighted by Gasteiger charge is -2.55. The van der Waals surface area contributed by atoms with E-state index in [1.807, 2.05) is 0 Å². The second-order valence-electron chi connectivity index (χ2n) is 5.80. The Balaban J connectivity index is 1.82. The molecule has 0 aliphatic heterocycles. The van der Waals surface area contributed by atoms with E-state index in [1.165, 1.54) is 42.8 Å². The van der Waals surface area contributed by atoms with Gasteiger partial charge in [-0.2, -0.15) is 0 Å². The third-order valence-electron chi connectivity index (χ3n) is 4.69. The molecule has 0 aromatic heterocycles. The van der Waals surface area contributed by atoms with Crippen LogP contribution in [0.1, 0.15) is 38.5 Å². The molecule has 0 N–H and O–H groups in total. The van der Waals surface area contributed by atoms with E-state index >= 15 is 0 Å². The Morgan fingerprint density at radius 2 is 1.65 bits per heavy atom. The predicted molar refractivity (Wildman–Crippen MR) is 112 cm³/mol. The maximum atomic E-state index is 6.48. The summed E-state index contributed by atoms with van der Waals surface area (Å²) in [6, 6.07) is 4.41. The summed E-state index contributed by atoms with van der Waals surface area (Å²) in [6.45, 7) is 0. The Labute approximate surface area is 169 Å². The summed E-state index contributed by atoms with van der Waals surface area (Å²) in [5.41, 5.74) is 0.396. The highest BCUT2D eigenvalue weighted by Crippen LogP contribution is 2.56. The lowest BCUT2D eigenvalue weighted by atomic mass is 9.58. The third kappa shape index (κ3) is 3.02. The van der Waals surface area contributed by atoms with Crippen LogP contribution in [-0.4, -0.2) is 10.9 Å². The average molecular weight is 673 g/mol. The predicted octanol–water partition coefficient (Wildman–Crippen LogP) is 6.37. The smallest absolute Gasteiger partial charge is 0.146 e. The molecule has 0 bridgehead atoms. The van der Waals surface area contributed by atoms with Gasteiger partial charge in [-0.3, -0.25) is 0 Å². The number of benzene rings is 1. The molecule has 0 amide bonds. The van der Waals surface area contributed by atoms with Crippen molar-refractivity contribution in [2.75, 3.05) is 0 Å². The van der Waals surface area contributed by atoms with Gasteiger partial charge < -0.3 is 4.74 Å². The summed E-state index contributed by atoms with van der Waals surface area (Å²) in [5.74, 6) is 1.10. The van der Waals surface area contributed by atoms with E-state index in [0.29, 0.717) is 16.3 Å². The molecule has 0 heterocycles. The molecule has 2 atom stereocenters. The summed E-state index contributed by atoms with van der Waals surface area (Å²) >= 11 is 11.1. The van der Waals surface area contributed by atoms with Gasteiger partial charge in [-0.1, -0.05) is 35.2 Å². The highest BCUT2D eigenvalue weighted by atomic mass is 127. The van der Waals surface area contributed by atoms with Crippen molar-refractivity contribution >= 4 is 83.7 Å². The lowest BCUT2D eigenvalue weighted by Crippen LogP contribution is -2.58. The van der Waals surface area contributed by atoms with Crippen molar-refractivity contribution in [1.82, 2.24) is 0 Å². The minimum atomic E-state index is 0.396. The molecule has 2 fully saturated rings. The van der Waals surface area contributed by atoms with Crippen molar-refractivity contribution in [1.29, 1.82) is 0 Å². The Morgan fingerprint density at radius 1 is 1.05 bits per heavy atom. The van der Waals surface area contributed by atoms with Gasteiger partial charge in [0.05, 0.1) is 7.14 Å². The van der Waals surface area contributed by atoms with Crippen LogP contribution in [0.3, 0.4) is 0 Å². The molecular formula is C15H16BrI3O. The summed E-state index contributed by atoms with van der Waals surface area (Å²) in [5, 5.41) is 0. The number of rotatable bonds is 2. The Hall–Kier alpha value is 1.69. The first kappa shape index (κ1) is 16.5. The lowest BCUT2D eigenvalue weighted by molar-refractivity contribution is -0.0609. The van der Waals surface area contributed by atoms with Gasteiger partial charge in [-0.25, -0.2) is 0 Å². The number of hydrogen-bond acceptors (Lipinski definition) is 1. The molecule has 1 nitrogen and oxygen atoms in total. The molecule has 2 aliphatic carbocycles. The molecule has 0 radical (unpaired) electrons. The van der Waals surface area contributed by atoms with Gasteiger partial charge in [-0.05, 0) is 99.2 Å². The molecule has 2 unspecified atom stereocenters. The zero-order valence-electron chi connectivity index (χ0n) is 11.0. The van der Waals surface area contributed by atoms with Crippen LogP contribution in [0.5, 0.6) is 5.75 Å². The van der Waals surface area contributed by atoms with Gasteiger partial charge in [-0.15, -0.1) is 0 Å². The quantitative estimate of drug-likeness (QED) is 0.263. The van der Waals surface area contributed by atoms with Crippen molar-refractivity contribution in [2.24, 2.45) is 5.41 Å². The van der Waals surface area contributed by atoms with Crippen LogP contribution in [0.4, 0.5) is 0 Å². The summed E-state index contributed by atoms with van der Waals surface area (Å²) in [7, 11) is 0. The number of alkyl halides is 1. The molecule has 2 aliphatic rings. The largest absolute Gasteiger partial charge is 0.488 e. The molecule has 1 spiro atoms. The third-order valence-corrected chi connectivity index (χ3v) is 8.20. The fourth-order valence-electron chi connectivity index (χ4n) is 3.49. The SMILES string of the molecule is BrC1CC(Oc2c(I)cc(I)cc2I)C12CCCCC2. The summed E-state index contributed by atoms with van der Waals surface area (Å²) in [6.07, 6.45) is 8.32. The Bertz CT molecular complexity index is 491. The van der Waals surface area contributed by atoms with Gasteiger partial charge >= 0.3 is 0 Å². The maximum Gasteiger partial charge on any atom is 0.146 e. The first-order valence-electron chi connectivity index (χ1n) is 6.98. The molecular weight excluding hydrogens is 657 g/mol. The van der Waals surface area contributed by atoms with Gasteiger partial charge in [0.15, 0.2) is 0 Å². The van der Waals surface area contributed by atoms with Gasteiger partial charge in [0.1, 0.15) is 11.9 Å². The Morgan fingerprint density at radius 3 is 2.20 bits per heavy atom. The van der Waals surface area contributed by atoms with E-state index in [2.05, 4.69) is 95.8 Å². The van der Waals surface area contributed by atoms with Crippen molar-refractivity contribution in [3.05, 3.63) is 22.8 Å². The van der Waals surface area contributed by atoms with E-state index < -0.39 is 0 Å². The standard InChI is InChI=1S/C15H16BrI3O/c16-12-8-13(15(12)4-2-1-3-5-15)20-14-10(18)6-9(17)7-11(14)19/h6-7,12-13H,1-5,8H2. The first-order chi connectivity index (χ1) is 9.53. The molecule has 1 aromatic rings. The molecule has 2 saturated carbocycles. The van der Waals surface area contributed by atoms with Crippen LogP contribution in [0.25, 0.3) is 0 Å². The first-order valence-corrected chi connectivity index (χ1v) is 11.1. The highest BCUT2D eigenvalue weighted by molar-refractivity contribution is 14.1. The van der Waals surface area contributed by atoms with Crippen LogP contribution in [-0.2, 0) is 0 Å². The van der Waals surface area contributed by atoms with Crippen LogP contribution in [0, 0.1) is 16.1 Å². The second kappa shape index (κ2) is 6.67. The molecule has 5 heteroatoms. The highest BCUT2D eigenvalue weighted by Gasteiger charge is 2.55. The van der Waals surface area contributed by atoms with Crippen molar-refractivity contribution in [3.63, 3.8) is 0 Å². The van der Waals surface area contributed by atoms with Crippen molar-refractivity contribution in [2.45, 2.75) is 49.5 Å². The molecule has 0 saturated heterocycles. The van der Waals surface area contributed by atoms with Crippen LogP contribution >= 0.6 is 83.7 Å². The maximum absolute atomic E-state index is 6.48. The minimum Gasteiger partial charge on any atom is -0.488 e. The van der Waals surface area contributed by atoms with Gasteiger partial charge in [0.2, 0.25) is 0 Å². The minimum absolute atomic E-state index is 0.396. The fourth-order valence-corrected chi connectivity index (χ4v) is 8.42. The van der Waals surface area contributed by atoms with Crippen LogP contribution in [0.2, 0.25) is 0 Å². The monoisotopic (exact) mass is 672 g/mol. The van der Waals surface area contributed by atoms with E-state index in [1.54, 1.807) is 0 Å². The van der Waals surface area contributed by atoms with Crippen LogP contribution in [0.15, 0.2) is 12.1 Å². The number of ether oxygens (including phenoxy) is 1. The van der Waals surface area contributed by atoms with E-state index in [9.17, 15) is 0 Å². The molecule has 110 valence electrons. The number of halogens is 4. The van der Waals surface area contributed by atoms with E-state index in [-0.39, 0.29) is 0 Å². The number of hydrogen-bond donors (Lipinski definition) is 0. The molecule has 1 aromatic carbocycles. The molecule has 3 rings (SSSR count). The summed E-state index contributed by atoms with van der Waals surface area (Å²) < 4.78 is 10.2. The van der Waals surface area contributed by atoms with Crippen LogP contribution < -0.4 is 4.74 Å². The second-order valence-corrected chi connectivity index (χ2v) is 10.5. The zero-order chi connectivity index (χ0) is 14.3. The topological polar surface area (TPSA) is 9.23 Å². The van der Waals surface area contributed by atoms with Crippen molar-refractivity contribution in [3.8, 4) is 5.75 Å².